The first-order valence-corrected chi connectivity index (χ1v) is 13.9. The molecule has 1 atom stereocenters. The fourth-order valence-electron chi connectivity index (χ4n) is 7.20. The first-order chi connectivity index (χ1) is 17.8. The van der Waals surface area contributed by atoms with Crippen molar-refractivity contribution >= 4 is 22.3 Å². The Morgan fingerprint density at radius 3 is 2.56 bits per heavy atom. The van der Waals surface area contributed by atoms with Crippen LogP contribution in [0.25, 0.3) is 16.3 Å². The first kappa shape index (κ1) is 22.0. The number of hydrogen-bond acceptors (Lipinski definition) is 2. The number of benzene rings is 2. The van der Waals surface area contributed by atoms with Crippen LogP contribution in [0.2, 0.25) is 0 Å². The molecule has 3 aliphatic carbocycles. The molecule has 0 bridgehead atoms. The molecule has 0 spiro atoms. The highest BCUT2D eigenvalue weighted by molar-refractivity contribution is 5.95. The Bertz CT molecular complexity index is 1370. The highest BCUT2D eigenvalue weighted by Crippen LogP contribution is 2.49. The van der Waals surface area contributed by atoms with Gasteiger partial charge in [0.2, 0.25) is 0 Å². The maximum absolute atomic E-state index is 12.8. The number of nitrogens with zero attached hydrogens (tertiary/aromatic N) is 2. The number of carbonyl (C=O) groups excluding carboxylic acids is 1. The summed E-state index contributed by atoms with van der Waals surface area (Å²) in [5.74, 6) is 2.29. The Balaban J connectivity index is 1.15. The summed E-state index contributed by atoms with van der Waals surface area (Å²) in [6.45, 7) is 1.64. The molecule has 0 radical (unpaired) electrons. The van der Waals surface area contributed by atoms with Crippen LogP contribution in [0.3, 0.4) is 0 Å². The van der Waals surface area contributed by atoms with E-state index in [9.17, 15) is 4.79 Å². The fraction of sp³-hybridized carbons (Fsp3) is 0.394. The number of allylic oxidation sites excluding steroid dienone is 4. The average Bonchev–Trinajstić information content (AvgIpc) is 2.92. The van der Waals surface area contributed by atoms with Crippen molar-refractivity contribution in [1.82, 2.24) is 9.88 Å². The number of rotatable bonds is 3. The zero-order valence-corrected chi connectivity index (χ0v) is 21.0. The van der Waals surface area contributed by atoms with E-state index in [1.807, 2.05) is 17.0 Å². The van der Waals surface area contributed by atoms with Crippen molar-refractivity contribution in [3.63, 3.8) is 0 Å². The van der Waals surface area contributed by atoms with E-state index in [1.54, 1.807) is 23.5 Å². The lowest BCUT2D eigenvalue weighted by molar-refractivity contribution is 0.0713. The van der Waals surface area contributed by atoms with Gasteiger partial charge in [0.05, 0.1) is 0 Å². The molecule has 36 heavy (non-hydrogen) atoms. The van der Waals surface area contributed by atoms with Crippen LogP contribution < -0.4 is 0 Å². The molecular weight excluding hydrogens is 440 g/mol. The molecule has 4 aliphatic rings. The summed E-state index contributed by atoms with van der Waals surface area (Å²) in [6.07, 6.45) is 18.2. The quantitative estimate of drug-likeness (QED) is 0.398. The van der Waals surface area contributed by atoms with Crippen LogP contribution in [0.1, 0.15) is 77.9 Å². The lowest BCUT2D eigenvalue weighted by atomic mass is 9.64. The molecule has 3 heteroatoms. The molecule has 3 nitrogen and oxygen atoms in total. The van der Waals surface area contributed by atoms with Gasteiger partial charge in [-0.05, 0) is 108 Å². The molecule has 2 fully saturated rings. The Labute approximate surface area is 213 Å². The summed E-state index contributed by atoms with van der Waals surface area (Å²) < 4.78 is 0. The topological polar surface area (TPSA) is 33.2 Å². The molecule has 1 saturated heterocycles. The molecule has 2 heterocycles. The van der Waals surface area contributed by atoms with Crippen LogP contribution in [0.5, 0.6) is 0 Å². The second-order valence-electron chi connectivity index (χ2n) is 11.3. The second kappa shape index (κ2) is 9.03. The third-order valence-electron chi connectivity index (χ3n) is 9.43. The Kier molecular flexibility index (Phi) is 5.53. The number of aromatic nitrogens is 1. The molecule has 2 aromatic carbocycles. The van der Waals surface area contributed by atoms with Gasteiger partial charge in [0, 0.05) is 31.0 Å². The van der Waals surface area contributed by atoms with Gasteiger partial charge < -0.3 is 4.90 Å². The van der Waals surface area contributed by atoms with Gasteiger partial charge >= 0.3 is 0 Å². The smallest absolute Gasteiger partial charge is 0.253 e. The van der Waals surface area contributed by atoms with Gasteiger partial charge in [0.15, 0.2) is 0 Å². The number of carbonyl (C=O) groups is 1. The van der Waals surface area contributed by atoms with Gasteiger partial charge in [0.25, 0.3) is 5.91 Å². The molecule has 0 N–H and O–H groups in total. The highest BCUT2D eigenvalue weighted by atomic mass is 16.2. The third kappa shape index (κ3) is 3.72. The zero-order chi connectivity index (χ0) is 24.1. The van der Waals surface area contributed by atoms with E-state index in [2.05, 4.69) is 47.5 Å². The summed E-state index contributed by atoms with van der Waals surface area (Å²) in [5, 5.41) is 2.84. The monoisotopic (exact) mass is 474 g/mol. The first-order valence-electron chi connectivity index (χ1n) is 13.9. The Morgan fingerprint density at radius 2 is 1.78 bits per heavy atom. The SMILES string of the molecule is O=C(c1ccncc1)N1CCC(c2ccc3c4c(ccc3c2)C2=C(CCC=C2)C(C2CCC2)C4)CC1. The van der Waals surface area contributed by atoms with E-state index < -0.39 is 0 Å². The predicted octanol–water partition coefficient (Wildman–Crippen LogP) is 7.33. The van der Waals surface area contributed by atoms with Crippen LogP contribution in [-0.4, -0.2) is 28.9 Å². The van der Waals surface area contributed by atoms with Crippen molar-refractivity contribution in [2.45, 2.75) is 57.3 Å². The van der Waals surface area contributed by atoms with Gasteiger partial charge in [-0.25, -0.2) is 0 Å². The van der Waals surface area contributed by atoms with Crippen molar-refractivity contribution < 1.29 is 4.79 Å². The molecule has 1 saturated carbocycles. The normalized spacial score (nSPS) is 22.3. The number of pyridine rings is 1. The van der Waals surface area contributed by atoms with E-state index in [0.29, 0.717) is 5.92 Å². The minimum atomic E-state index is 0.132. The molecule has 3 aromatic rings. The van der Waals surface area contributed by atoms with E-state index in [0.717, 1.165) is 43.3 Å². The van der Waals surface area contributed by atoms with Gasteiger partial charge in [-0.2, -0.15) is 0 Å². The largest absolute Gasteiger partial charge is 0.339 e. The Hall–Kier alpha value is -3.20. The minimum absolute atomic E-state index is 0.132. The predicted molar refractivity (Wildman–Crippen MR) is 146 cm³/mol. The molecule has 1 unspecified atom stereocenters. The number of piperidine rings is 1. The van der Waals surface area contributed by atoms with Gasteiger partial charge in [-0.3, -0.25) is 9.78 Å². The van der Waals surface area contributed by atoms with Gasteiger partial charge in [-0.15, -0.1) is 0 Å². The van der Waals surface area contributed by atoms with Gasteiger partial charge in [-0.1, -0.05) is 54.5 Å². The summed E-state index contributed by atoms with van der Waals surface area (Å²) in [7, 11) is 0. The minimum Gasteiger partial charge on any atom is -0.339 e. The van der Waals surface area contributed by atoms with E-state index in [4.69, 9.17) is 0 Å². The maximum atomic E-state index is 12.8. The Morgan fingerprint density at radius 1 is 0.944 bits per heavy atom. The fourth-order valence-corrected chi connectivity index (χ4v) is 7.20. The van der Waals surface area contributed by atoms with Crippen molar-refractivity contribution in [2.24, 2.45) is 11.8 Å². The standard InChI is InChI=1S/C33H34N2O/c36-33(24-12-16-34-17-13-24)35-18-14-22(15-19-35)25-8-10-27-26(20-25)9-11-30-28-6-1-2-7-29(28)31(21-32(27)30)23-4-3-5-23/h1,6,8-13,16-17,20,22-23,31H,2-5,7,14-15,18-19,21H2. The molecule has 7 rings (SSSR count). The lowest BCUT2D eigenvalue weighted by Gasteiger charge is -2.41. The number of fused-ring (bicyclic) bond motifs is 4. The number of hydrogen-bond donors (Lipinski definition) is 0. The average molecular weight is 475 g/mol. The van der Waals surface area contributed by atoms with Crippen LogP contribution >= 0.6 is 0 Å². The molecular formula is C33H34N2O. The highest BCUT2D eigenvalue weighted by Gasteiger charge is 2.36. The summed E-state index contributed by atoms with van der Waals surface area (Å²) >= 11 is 0. The second-order valence-corrected chi connectivity index (χ2v) is 11.3. The van der Waals surface area contributed by atoms with Crippen molar-refractivity contribution in [3.8, 4) is 0 Å². The van der Waals surface area contributed by atoms with E-state index >= 15 is 0 Å². The van der Waals surface area contributed by atoms with Crippen molar-refractivity contribution in [1.29, 1.82) is 0 Å². The maximum Gasteiger partial charge on any atom is 0.253 e. The molecule has 182 valence electrons. The van der Waals surface area contributed by atoms with Crippen LogP contribution in [0.15, 0.2) is 72.6 Å². The summed E-state index contributed by atoms with van der Waals surface area (Å²) in [4.78, 5) is 18.9. The summed E-state index contributed by atoms with van der Waals surface area (Å²) in [5.41, 5.74) is 8.53. The third-order valence-corrected chi connectivity index (χ3v) is 9.43. The number of amides is 1. The van der Waals surface area contributed by atoms with Crippen molar-refractivity contribution in [2.75, 3.05) is 13.1 Å². The van der Waals surface area contributed by atoms with Crippen LogP contribution in [0, 0.1) is 11.8 Å². The van der Waals surface area contributed by atoms with Crippen LogP contribution in [0.4, 0.5) is 0 Å². The molecule has 1 aromatic heterocycles. The molecule has 1 amide bonds. The van der Waals surface area contributed by atoms with E-state index in [1.165, 1.54) is 66.0 Å². The molecule has 1 aliphatic heterocycles. The van der Waals surface area contributed by atoms with Gasteiger partial charge in [0.1, 0.15) is 0 Å². The van der Waals surface area contributed by atoms with Crippen molar-refractivity contribution in [3.05, 3.63) is 94.8 Å². The number of likely N-dealkylation sites (tertiary alicyclic amines) is 1. The lowest BCUT2D eigenvalue weighted by Crippen LogP contribution is -2.37. The van der Waals surface area contributed by atoms with Crippen LogP contribution in [-0.2, 0) is 6.42 Å². The summed E-state index contributed by atoms with van der Waals surface area (Å²) in [6, 6.07) is 15.6. The van der Waals surface area contributed by atoms with E-state index in [-0.39, 0.29) is 5.91 Å². The zero-order valence-electron chi connectivity index (χ0n) is 21.0.